The zero-order chi connectivity index (χ0) is 14.5. The Balaban J connectivity index is 2.94. The summed E-state index contributed by atoms with van der Waals surface area (Å²) in [5, 5.41) is 0. The van der Waals surface area contributed by atoms with Crippen molar-refractivity contribution in [1.82, 2.24) is 0 Å². The van der Waals surface area contributed by atoms with Crippen molar-refractivity contribution in [1.29, 1.82) is 0 Å². The second-order valence-corrected chi connectivity index (χ2v) is 11.2. The van der Waals surface area contributed by atoms with Gasteiger partial charge in [0.2, 0.25) is 0 Å². The molecule has 0 aliphatic carbocycles. The van der Waals surface area contributed by atoms with E-state index >= 15 is 0 Å². The van der Waals surface area contributed by atoms with E-state index in [1.165, 1.54) is 4.08 Å². The van der Waals surface area contributed by atoms with E-state index in [9.17, 15) is 16.8 Å². The molecule has 0 aliphatic rings. The van der Waals surface area contributed by atoms with E-state index in [1.54, 1.807) is 30.3 Å². The summed E-state index contributed by atoms with van der Waals surface area (Å²) < 4.78 is 55.6. The Bertz CT molecular complexity index is 636. The van der Waals surface area contributed by atoms with Gasteiger partial charge in [0.15, 0.2) is 0 Å². The second-order valence-electron chi connectivity index (χ2n) is 3.40. The fourth-order valence-corrected chi connectivity index (χ4v) is 6.82. The van der Waals surface area contributed by atoms with Gasteiger partial charge in [-0.2, -0.15) is 0 Å². The van der Waals surface area contributed by atoms with Crippen LogP contribution in [0.2, 0.25) is 0 Å². The average Bonchev–Trinajstić information content (AvgIpc) is 2.25. The van der Waals surface area contributed by atoms with Crippen LogP contribution in [0, 0.1) is 3.57 Å². The third kappa shape index (κ3) is 7.50. The summed E-state index contributed by atoms with van der Waals surface area (Å²) in [5.41, 5.74) is 0. The maximum atomic E-state index is 11.2. The molecule has 0 amide bonds. The molecule has 0 aromatic heterocycles. The van der Waals surface area contributed by atoms with Crippen LogP contribution in [0.5, 0.6) is 0 Å². The summed E-state index contributed by atoms with van der Waals surface area (Å²) in [7, 11) is -7.24. The fraction of sp³-hybridized carbons (Fsp3) is 0.200. The Morgan fingerprint density at radius 1 is 1.00 bits per heavy atom. The van der Waals surface area contributed by atoms with Crippen LogP contribution >= 0.6 is 20.2 Å². The molecule has 0 saturated carbocycles. The van der Waals surface area contributed by atoms with Crippen LogP contribution in [-0.4, -0.2) is 29.3 Å². The first-order valence-corrected chi connectivity index (χ1v) is 11.7. The van der Waals surface area contributed by atoms with Crippen LogP contribution < -0.4 is 0 Å². The number of benzene rings is 1. The molecule has 0 radical (unpaired) electrons. The monoisotopic (exact) mass is 420 g/mol. The predicted octanol–water partition coefficient (Wildman–Crippen LogP) is 1.70. The summed E-state index contributed by atoms with van der Waals surface area (Å²) in [4.78, 5) is 0. The van der Waals surface area contributed by atoms with Crippen molar-refractivity contribution < 1.29 is 23.5 Å². The molecule has 0 bridgehead atoms. The van der Waals surface area contributed by atoms with Crippen LogP contribution in [0.25, 0.3) is 0 Å². The van der Waals surface area contributed by atoms with E-state index in [0.29, 0.717) is 3.57 Å². The van der Waals surface area contributed by atoms with Gasteiger partial charge in [-0.15, -0.1) is 0 Å². The summed E-state index contributed by atoms with van der Waals surface area (Å²) in [6.45, 7) is 0. The molecule has 1 rings (SSSR count). The van der Waals surface area contributed by atoms with Crippen molar-refractivity contribution in [2.45, 2.75) is 0 Å². The van der Waals surface area contributed by atoms with Crippen molar-refractivity contribution in [2.24, 2.45) is 0 Å². The third-order valence-corrected chi connectivity index (χ3v) is 8.37. The van der Waals surface area contributed by atoms with Crippen molar-refractivity contribution in [3.8, 4) is 0 Å². The molecule has 0 spiro atoms. The van der Waals surface area contributed by atoms with Crippen LogP contribution in [-0.2, 0) is 26.9 Å². The van der Waals surface area contributed by atoms with Crippen molar-refractivity contribution in [3.63, 3.8) is 0 Å². The summed E-state index contributed by atoms with van der Waals surface area (Å²) in [5.74, 6) is 0. The quantitative estimate of drug-likeness (QED) is 0.396. The zero-order valence-electron chi connectivity index (χ0n) is 10.2. The molecule has 0 N–H and O–H groups in total. The van der Waals surface area contributed by atoms with Crippen molar-refractivity contribution >= 4 is 40.5 Å². The molecule has 6 nitrogen and oxygen atoms in total. The molecule has 0 unspecified atom stereocenters. The Labute approximate surface area is 120 Å². The van der Waals surface area contributed by atoms with Gasteiger partial charge in [0.05, 0.1) is 0 Å². The molecule has 1 aromatic rings. The van der Waals surface area contributed by atoms with Gasteiger partial charge in [0.25, 0.3) is 0 Å². The van der Waals surface area contributed by atoms with E-state index in [-0.39, 0.29) is 0 Å². The molecule has 19 heavy (non-hydrogen) atoms. The van der Waals surface area contributed by atoms with Crippen LogP contribution in [0.3, 0.4) is 0 Å². The Kier molecular flexibility index (Phi) is 5.77. The maximum absolute atomic E-state index is 11.2. The minimum absolute atomic E-state index is 0.713. The van der Waals surface area contributed by atoms with Crippen molar-refractivity contribution in [3.05, 3.63) is 44.2 Å². The molecule has 0 saturated heterocycles. The van der Waals surface area contributed by atoms with Gasteiger partial charge in [-0.3, -0.25) is 0 Å². The predicted molar refractivity (Wildman–Crippen MR) is 80.2 cm³/mol. The normalized spacial score (nSPS) is 13.5. The summed E-state index contributed by atoms with van der Waals surface area (Å²) in [6, 6.07) is 8.73. The summed E-state index contributed by atoms with van der Waals surface area (Å²) in [6.07, 6.45) is 2.81. The number of hydrogen-bond acceptors (Lipinski definition) is 6. The molecular weight excluding hydrogens is 407 g/mol. The minimum atomic E-state index is -3.62. The van der Waals surface area contributed by atoms with Crippen LogP contribution in [0.1, 0.15) is 0 Å². The molecular formula is C10H13IO6S2. The standard InChI is InChI=1S/C10H13IO6S2/c1-18(12,13)16-9-8-11(17-19(2,14)15)10-6-4-3-5-7-10/h3-9H,1-2H3/b9-8+. The zero-order valence-corrected chi connectivity index (χ0v) is 14.0. The van der Waals surface area contributed by atoms with E-state index in [2.05, 4.69) is 4.18 Å². The molecule has 9 heteroatoms. The fourth-order valence-electron chi connectivity index (χ4n) is 0.961. The first-order valence-electron chi connectivity index (χ1n) is 4.86. The molecule has 0 fully saturated rings. The number of hydrogen-bond donors (Lipinski definition) is 0. The van der Waals surface area contributed by atoms with Gasteiger partial charge in [0, 0.05) is 0 Å². The Hall–Kier alpha value is -0.650. The topological polar surface area (TPSA) is 86.7 Å². The Morgan fingerprint density at radius 2 is 1.58 bits per heavy atom. The molecule has 1 aromatic carbocycles. The first kappa shape index (κ1) is 16.4. The van der Waals surface area contributed by atoms with Gasteiger partial charge in [-0.05, 0) is 0 Å². The molecule has 0 atom stereocenters. The third-order valence-electron chi connectivity index (χ3n) is 1.53. The van der Waals surface area contributed by atoms with E-state index < -0.39 is 40.5 Å². The SMILES string of the molecule is CS(=O)(=O)O/C=C/I(OS(C)(=O)=O)c1ccccc1. The van der Waals surface area contributed by atoms with E-state index in [1.807, 2.05) is 0 Å². The summed E-state index contributed by atoms with van der Waals surface area (Å²) >= 11 is -2.66. The van der Waals surface area contributed by atoms with Gasteiger partial charge >= 0.3 is 121 Å². The second kappa shape index (κ2) is 6.68. The van der Waals surface area contributed by atoms with Gasteiger partial charge in [0.1, 0.15) is 0 Å². The van der Waals surface area contributed by atoms with E-state index in [0.717, 1.165) is 18.8 Å². The first-order chi connectivity index (χ1) is 8.67. The van der Waals surface area contributed by atoms with Crippen LogP contribution in [0.4, 0.5) is 0 Å². The van der Waals surface area contributed by atoms with Gasteiger partial charge in [-0.1, -0.05) is 0 Å². The Morgan fingerprint density at radius 3 is 2.05 bits per heavy atom. The molecule has 0 aliphatic heterocycles. The van der Waals surface area contributed by atoms with Crippen molar-refractivity contribution in [2.75, 3.05) is 12.5 Å². The van der Waals surface area contributed by atoms with Gasteiger partial charge < -0.3 is 0 Å². The van der Waals surface area contributed by atoms with Gasteiger partial charge in [-0.25, -0.2) is 0 Å². The number of halogens is 1. The average molecular weight is 420 g/mol. The number of rotatable bonds is 6. The van der Waals surface area contributed by atoms with E-state index in [4.69, 9.17) is 2.51 Å². The molecule has 0 heterocycles. The molecule has 108 valence electrons. The van der Waals surface area contributed by atoms with Crippen LogP contribution in [0.15, 0.2) is 40.7 Å².